The summed E-state index contributed by atoms with van der Waals surface area (Å²) in [5.74, 6) is 0.350. The number of ether oxygens (including phenoxy) is 1. The van der Waals surface area contributed by atoms with E-state index in [2.05, 4.69) is 10.6 Å². The molecule has 0 heterocycles. The number of benzene rings is 2. The summed E-state index contributed by atoms with van der Waals surface area (Å²) in [6.45, 7) is 5.30. The number of carbonyl (C=O) groups excluding carboxylic acids is 2. The largest absolute Gasteiger partial charge is 0.494 e. The van der Waals surface area contributed by atoms with Crippen molar-refractivity contribution in [2.45, 2.75) is 26.7 Å². The van der Waals surface area contributed by atoms with Gasteiger partial charge in [-0.1, -0.05) is 19.9 Å². The van der Waals surface area contributed by atoms with Gasteiger partial charge in [0, 0.05) is 23.4 Å². The molecule has 2 amide bonds. The highest BCUT2D eigenvalue weighted by atomic mass is 16.5. The van der Waals surface area contributed by atoms with Crippen molar-refractivity contribution < 1.29 is 14.3 Å². The zero-order chi connectivity index (χ0) is 18.1. The van der Waals surface area contributed by atoms with Crippen LogP contribution in [0.25, 0.3) is 0 Å². The minimum absolute atomic E-state index is 0.111. The molecule has 2 N–H and O–H groups in total. The number of rotatable bonds is 8. The Morgan fingerprint density at radius 2 is 1.68 bits per heavy atom. The van der Waals surface area contributed by atoms with E-state index >= 15 is 0 Å². The van der Waals surface area contributed by atoms with E-state index in [-0.39, 0.29) is 11.8 Å². The van der Waals surface area contributed by atoms with E-state index in [4.69, 9.17) is 4.74 Å². The van der Waals surface area contributed by atoms with Crippen LogP contribution in [0, 0.1) is 0 Å². The summed E-state index contributed by atoms with van der Waals surface area (Å²) >= 11 is 0. The molecular formula is C20H24N2O3. The summed E-state index contributed by atoms with van der Waals surface area (Å²) in [5.41, 5.74) is 1.73. The molecule has 25 heavy (non-hydrogen) atoms. The molecule has 0 saturated carbocycles. The standard InChI is InChI=1S/C20H24N2O3/c1-3-12-21-19(23)15-8-10-17(11-9-15)22-20(24)16-6-5-7-18(14-16)25-13-4-2/h5-11,14H,3-4,12-13H2,1-2H3,(H,21,23)(H,22,24). The summed E-state index contributed by atoms with van der Waals surface area (Å²) in [5, 5.41) is 5.64. The molecule has 2 rings (SSSR count). The number of hydrogen-bond acceptors (Lipinski definition) is 3. The molecule has 0 spiro atoms. The lowest BCUT2D eigenvalue weighted by Gasteiger charge is -2.09. The molecule has 0 radical (unpaired) electrons. The SMILES string of the molecule is CCCNC(=O)c1ccc(NC(=O)c2cccc(OCCC)c2)cc1. The Kier molecular flexibility index (Phi) is 7.01. The number of anilines is 1. The third-order valence-corrected chi connectivity index (χ3v) is 3.51. The van der Waals surface area contributed by atoms with Gasteiger partial charge in [0.1, 0.15) is 5.75 Å². The van der Waals surface area contributed by atoms with Crippen LogP contribution in [-0.4, -0.2) is 25.0 Å². The average molecular weight is 340 g/mol. The molecule has 0 bridgehead atoms. The lowest BCUT2D eigenvalue weighted by atomic mass is 10.1. The predicted octanol–water partition coefficient (Wildman–Crippen LogP) is 3.87. The highest BCUT2D eigenvalue weighted by molar-refractivity contribution is 6.04. The van der Waals surface area contributed by atoms with Crippen molar-refractivity contribution in [2.24, 2.45) is 0 Å². The summed E-state index contributed by atoms with van der Waals surface area (Å²) in [7, 11) is 0. The first-order valence-corrected chi connectivity index (χ1v) is 8.56. The Morgan fingerprint density at radius 3 is 2.36 bits per heavy atom. The van der Waals surface area contributed by atoms with Crippen LogP contribution in [0.2, 0.25) is 0 Å². The van der Waals surface area contributed by atoms with Crippen LogP contribution < -0.4 is 15.4 Å². The molecule has 0 unspecified atom stereocenters. The van der Waals surface area contributed by atoms with E-state index in [0.29, 0.717) is 35.7 Å². The van der Waals surface area contributed by atoms with E-state index in [0.717, 1.165) is 12.8 Å². The van der Waals surface area contributed by atoms with Crippen LogP contribution in [0.15, 0.2) is 48.5 Å². The summed E-state index contributed by atoms with van der Waals surface area (Å²) in [6.07, 6.45) is 1.80. The second-order valence-electron chi connectivity index (χ2n) is 5.66. The van der Waals surface area contributed by atoms with Crippen molar-refractivity contribution in [3.8, 4) is 5.75 Å². The third-order valence-electron chi connectivity index (χ3n) is 3.51. The van der Waals surface area contributed by atoms with Gasteiger partial charge in [-0.2, -0.15) is 0 Å². The summed E-state index contributed by atoms with van der Waals surface area (Å²) in [6, 6.07) is 13.9. The maximum absolute atomic E-state index is 12.4. The summed E-state index contributed by atoms with van der Waals surface area (Å²) < 4.78 is 5.55. The molecule has 2 aromatic rings. The molecule has 132 valence electrons. The van der Waals surface area contributed by atoms with Crippen LogP contribution in [-0.2, 0) is 0 Å². The quantitative estimate of drug-likeness (QED) is 0.766. The fraction of sp³-hybridized carbons (Fsp3) is 0.300. The molecule has 0 aliphatic carbocycles. The van der Waals surface area contributed by atoms with Gasteiger partial charge in [0.25, 0.3) is 11.8 Å². The average Bonchev–Trinajstić information content (AvgIpc) is 2.65. The molecule has 5 heteroatoms. The van der Waals surface area contributed by atoms with Crippen LogP contribution in [0.5, 0.6) is 5.75 Å². The Bertz CT molecular complexity index is 711. The molecule has 0 aromatic heterocycles. The third kappa shape index (κ3) is 5.64. The maximum Gasteiger partial charge on any atom is 0.255 e. The van der Waals surface area contributed by atoms with Gasteiger partial charge in [0.2, 0.25) is 0 Å². The first kappa shape index (κ1) is 18.5. The topological polar surface area (TPSA) is 67.4 Å². The smallest absolute Gasteiger partial charge is 0.255 e. The molecule has 5 nitrogen and oxygen atoms in total. The van der Waals surface area contributed by atoms with Gasteiger partial charge in [-0.05, 0) is 55.3 Å². The van der Waals surface area contributed by atoms with Crippen LogP contribution >= 0.6 is 0 Å². The Labute approximate surface area is 148 Å². The number of hydrogen-bond donors (Lipinski definition) is 2. The Hall–Kier alpha value is -2.82. The molecule has 0 saturated heterocycles. The van der Waals surface area contributed by atoms with Gasteiger partial charge in [-0.15, -0.1) is 0 Å². The number of carbonyl (C=O) groups is 2. The second kappa shape index (κ2) is 9.47. The molecular weight excluding hydrogens is 316 g/mol. The van der Waals surface area contributed by atoms with Crippen LogP contribution in [0.1, 0.15) is 47.4 Å². The zero-order valence-corrected chi connectivity index (χ0v) is 14.7. The van der Waals surface area contributed by atoms with Gasteiger partial charge in [-0.25, -0.2) is 0 Å². The lowest BCUT2D eigenvalue weighted by Crippen LogP contribution is -2.23. The fourth-order valence-corrected chi connectivity index (χ4v) is 2.20. The van der Waals surface area contributed by atoms with E-state index in [1.165, 1.54) is 0 Å². The monoisotopic (exact) mass is 340 g/mol. The van der Waals surface area contributed by atoms with E-state index < -0.39 is 0 Å². The van der Waals surface area contributed by atoms with Crippen molar-refractivity contribution in [3.63, 3.8) is 0 Å². The van der Waals surface area contributed by atoms with E-state index in [1.807, 2.05) is 19.9 Å². The van der Waals surface area contributed by atoms with Gasteiger partial charge in [-0.3, -0.25) is 9.59 Å². The highest BCUT2D eigenvalue weighted by Crippen LogP contribution is 2.16. The van der Waals surface area contributed by atoms with Gasteiger partial charge in [0.15, 0.2) is 0 Å². The minimum Gasteiger partial charge on any atom is -0.494 e. The number of amides is 2. The zero-order valence-electron chi connectivity index (χ0n) is 14.7. The maximum atomic E-state index is 12.4. The summed E-state index contributed by atoms with van der Waals surface area (Å²) in [4.78, 5) is 24.2. The molecule has 0 aliphatic rings. The predicted molar refractivity (Wildman–Crippen MR) is 99.2 cm³/mol. The highest BCUT2D eigenvalue weighted by Gasteiger charge is 2.09. The van der Waals surface area contributed by atoms with Gasteiger partial charge >= 0.3 is 0 Å². The molecule has 0 fully saturated rings. The normalized spacial score (nSPS) is 10.2. The van der Waals surface area contributed by atoms with Crippen LogP contribution in [0.4, 0.5) is 5.69 Å². The first-order chi connectivity index (χ1) is 12.1. The van der Waals surface area contributed by atoms with Gasteiger partial charge in [0.05, 0.1) is 6.61 Å². The van der Waals surface area contributed by atoms with Crippen molar-refractivity contribution in [2.75, 3.05) is 18.5 Å². The number of nitrogens with one attached hydrogen (secondary N) is 2. The van der Waals surface area contributed by atoms with Crippen molar-refractivity contribution >= 4 is 17.5 Å². The van der Waals surface area contributed by atoms with E-state index in [9.17, 15) is 9.59 Å². The Morgan fingerprint density at radius 1 is 0.920 bits per heavy atom. The van der Waals surface area contributed by atoms with E-state index in [1.54, 1.807) is 42.5 Å². The first-order valence-electron chi connectivity index (χ1n) is 8.56. The van der Waals surface area contributed by atoms with Crippen molar-refractivity contribution in [1.29, 1.82) is 0 Å². The van der Waals surface area contributed by atoms with Crippen molar-refractivity contribution in [3.05, 3.63) is 59.7 Å². The fourth-order valence-electron chi connectivity index (χ4n) is 2.20. The molecule has 0 atom stereocenters. The molecule has 0 aliphatic heterocycles. The lowest BCUT2D eigenvalue weighted by molar-refractivity contribution is 0.0953. The Balaban J connectivity index is 1.99. The van der Waals surface area contributed by atoms with Gasteiger partial charge < -0.3 is 15.4 Å². The second-order valence-corrected chi connectivity index (χ2v) is 5.66. The van der Waals surface area contributed by atoms with Crippen molar-refractivity contribution in [1.82, 2.24) is 5.32 Å². The molecule has 2 aromatic carbocycles. The minimum atomic E-state index is -0.217. The van der Waals surface area contributed by atoms with Crippen LogP contribution in [0.3, 0.4) is 0 Å².